The van der Waals surface area contributed by atoms with Gasteiger partial charge in [-0.2, -0.15) is 0 Å². The molecule has 0 spiro atoms. The van der Waals surface area contributed by atoms with Crippen molar-refractivity contribution in [2.24, 2.45) is 0 Å². The van der Waals surface area contributed by atoms with Gasteiger partial charge in [-0.3, -0.25) is 5.32 Å². The quantitative estimate of drug-likeness (QED) is 0.105. The van der Waals surface area contributed by atoms with Crippen molar-refractivity contribution in [3.63, 3.8) is 0 Å². The highest BCUT2D eigenvalue weighted by atomic mass is 19.2. The number of imidazole rings is 2. The summed E-state index contributed by atoms with van der Waals surface area (Å²) < 4.78 is 94.7. The molecule has 4 aliphatic heterocycles. The molecule has 6 heterocycles. The number of halogens is 6. The molecule has 296 valence electrons. The van der Waals surface area contributed by atoms with Crippen LogP contribution in [0.3, 0.4) is 0 Å². The highest BCUT2D eigenvalue weighted by molar-refractivity contribution is 5.78. The predicted molar refractivity (Wildman–Crippen MR) is 205 cm³/mol. The number of H-pyrrole nitrogens is 2. The number of piperazine rings is 1. The largest absolute Gasteiger partial charge is 0.363 e. The van der Waals surface area contributed by atoms with Gasteiger partial charge in [0, 0.05) is 55.5 Å². The lowest BCUT2D eigenvalue weighted by Gasteiger charge is -2.38. The first kappa shape index (κ1) is 36.2. The number of nitrogens with one attached hydrogen (secondary N) is 5. The van der Waals surface area contributed by atoms with Crippen molar-refractivity contribution in [3.05, 3.63) is 118 Å². The Hall–Kier alpha value is -5.12. The summed E-state index contributed by atoms with van der Waals surface area (Å²) in [6.45, 7) is 2.19. The minimum absolute atomic E-state index is 0.000499. The van der Waals surface area contributed by atoms with E-state index in [2.05, 4.69) is 35.9 Å². The van der Waals surface area contributed by atoms with Crippen LogP contribution >= 0.6 is 0 Å². The van der Waals surface area contributed by atoms with Crippen LogP contribution in [0.4, 0.5) is 37.7 Å². The maximum Gasteiger partial charge on any atom is 0.149 e. The van der Waals surface area contributed by atoms with Gasteiger partial charge in [0.1, 0.15) is 57.9 Å². The van der Waals surface area contributed by atoms with E-state index < -0.39 is 46.5 Å². The molecule has 4 saturated heterocycles. The van der Waals surface area contributed by atoms with E-state index in [1.165, 1.54) is 52.3 Å². The number of para-hydroxylation sites is 1. The minimum atomic E-state index is -1.48. The van der Waals surface area contributed by atoms with Gasteiger partial charge in [-0.05, 0) is 93.6 Å². The number of fused-ring (bicyclic) bond motifs is 2. The van der Waals surface area contributed by atoms with E-state index in [-0.39, 0.29) is 67.2 Å². The van der Waals surface area contributed by atoms with Gasteiger partial charge in [-0.25, -0.2) is 36.3 Å². The molecule has 0 saturated carbocycles. The summed E-state index contributed by atoms with van der Waals surface area (Å²) >= 11 is 0. The molecule has 4 atom stereocenters. The summed E-state index contributed by atoms with van der Waals surface area (Å²) in [5.41, 5.74) is 0.843. The van der Waals surface area contributed by atoms with Gasteiger partial charge in [-0.1, -0.05) is 6.07 Å². The maximum atomic E-state index is 16.6. The highest BCUT2D eigenvalue weighted by Crippen LogP contribution is 2.48. The second-order valence-corrected chi connectivity index (χ2v) is 15.8. The summed E-state index contributed by atoms with van der Waals surface area (Å²) in [5.74, 6) is -2.83. The summed E-state index contributed by atoms with van der Waals surface area (Å²) in [4.78, 5) is 19.0. The lowest BCUT2D eigenvalue weighted by Crippen LogP contribution is -2.48. The lowest BCUT2D eigenvalue weighted by molar-refractivity contribution is 0.413. The topological polar surface area (TPSA) is 99.9 Å². The average Bonchev–Trinajstić information content (AvgIpc) is 4.04. The summed E-state index contributed by atoms with van der Waals surface area (Å²) in [5, 5.41) is 10.3. The Morgan fingerprint density at radius 2 is 1.12 bits per heavy atom. The molecular weight excluding hydrogens is 745 g/mol. The number of hydrogen-bond donors (Lipinski definition) is 5. The number of anilines is 2. The lowest BCUT2D eigenvalue weighted by atomic mass is 9.80. The smallest absolute Gasteiger partial charge is 0.149 e. The van der Waals surface area contributed by atoms with Crippen molar-refractivity contribution < 1.29 is 26.3 Å². The average molecular weight is 786 g/mol. The molecule has 6 aromatic rings. The van der Waals surface area contributed by atoms with Gasteiger partial charge in [0.25, 0.3) is 0 Å². The van der Waals surface area contributed by atoms with Crippen LogP contribution in [0, 0.1) is 34.9 Å². The molecule has 2 aromatic heterocycles. The third kappa shape index (κ3) is 6.21. The molecule has 0 bridgehead atoms. The van der Waals surface area contributed by atoms with E-state index in [4.69, 9.17) is 0 Å². The van der Waals surface area contributed by atoms with E-state index in [1.807, 2.05) is 0 Å². The number of hydrogen-bond acceptors (Lipinski definition) is 7. The van der Waals surface area contributed by atoms with Crippen LogP contribution in [0.1, 0.15) is 85.0 Å². The third-order valence-corrected chi connectivity index (χ3v) is 12.4. The molecule has 0 unspecified atom stereocenters. The molecule has 0 aliphatic carbocycles. The first-order valence-corrected chi connectivity index (χ1v) is 19.7. The molecule has 4 fully saturated rings. The van der Waals surface area contributed by atoms with Crippen molar-refractivity contribution in [1.82, 2.24) is 35.9 Å². The monoisotopic (exact) mass is 785 g/mol. The summed E-state index contributed by atoms with van der Waals surface area (Å²) in [6.07, 6.45) is 4.32. The van der Waals surface area contributed by atoms with Crippen LogP contribution in [0.25, 0.3) is 22.1 Å². The molecule has 4 aromatic carbocycles. The zero-order valence-electron chi connectivity index (χ0n) is 31.0. The zero-order valence-corrected chi connectivity index (χ0v) is 31.0. The van der Waals surface area contributed by atoms with Crippen molar-refractivity contribution >= 4 is 33.4 Å². The Bertz CT molecular complexity index is 2460. The molecule has 0 amide bonds. The highest BCUT2D eigenvalue weighted by Gasteiger charge is 2.46. The fourth-order valence-electron chi connectivity index (χ4n) is 9.57. The second-order valence-electron chi connectivity index (χ2n) is 15.8. The Morgan fingerprint density at radius 1 is 0.579 bits per heavy atom. The number of aromatic nitrogens is 4. The van der Waals surface area contributed by atoms with Crippen molar-refractivity contribution in [2.45, 2.75) is 62.2 Å². The molecule has 57 heavy (non-hydrogen) atoms. The van der Waals surface area contributed by atoms with Crippen LogP contribution in [-0.4, -0.2) is 59.2 Å². The van der Waals surface area contributed by atoms with E-state index in [1.54, 1.807) is 12.1 Å². The van der Waals surface area contributed by atoms with E-state index in [0.29, 0.717) is 39.9 Å². The van der Waals surface area contributed by atoms with Gasteiger partial charge in [0.05, 0.1) is 39.7 Å². The normalized spacial score (nSPS) is 24.1. The van der Waals surface area contributed by atoms with Gasteiger partial charge >= 0.3 is 0 Å². The molecule has 0 radical (unpaired) electrons. The zero-order chi connectivity index (χ0) is 39.0. The third-order valence-electron chi connectivity index (χ3n) is 12.4. The SMILES string of the molecule is Fc1cc2nc([C@@H]3CCCN3)[nH]c2cc1[C@@H]1CC[C@@](c2cc(F)c(N3CCN(c4c(F)cccc4F)CC3)c(F)c2)(c2cc3[nH]c([C@@H]4CCCN4)nc3cc2F)N1. The molecule has 4 aliphatic rings. The van der Waals surface area contributed by atoms with Crippen LogP contribution in [0.5, 0.6) is 0 Å². The van der Waals surface area contributed by atoms with E-state index in [9.17, 15) is 8.78 Å². The van der Waals surface area contributed by atoms with E-state index >= 15 is 17.6 Å². The minimum Gasteiger partial charge on any atom is -0.363 e. The summed E-state index contributed by atoms with van der Waals surface area (Å²) in [6, 6.07) is 11.6. The number of aromatic amines is 2. The van der Waals surface area contributed by atoms with Crippen LogP contribution in [0.15, 0.2) is 54.6 Å². The van der Waals surface area contributed by atoms with Gasteiger partial charge in [-0.15, -0.1) is 0 Å². The predicted octanol–water partition coefficient (Wildman–Crippen LogP) is 7.82. The van der Waals surface area contributed by atoms with Crippen LogP contribution in [0.2, 0.25) is 0 Å². The number of rotatable bonds is 7. The van der Waals surface area contributed by atoms with Crippen LogP contribution < -0.4 is 25.8 Å². The Kier molecular flexibility index (Phi) is 8.94. The Morgan fingerprint density at radius 3 is 1.68 bits per heavy atom. The van der Waals surface area contributed by atoms with Crippen molar-refractivity contribution in [2.75, 3.05) is 49.1 Å². The first-order valence-electron chi connectivity index (χ1n) is 19.7. The van der Waals surface area contributed by atoms with Crippen molar-refractivity contribution in [3.8, 4) is 0 Å². The van der Waals surface area contributed by atoms with Gasteiger partial charge in [0.2, 0.25) is 0 Å². The molecule has 10 rings (SSSR count). The first-order chi connectivity index (χ1) is 27.6. The molecular formula is C42H41F6N9. The molecule has 5 N–H and O–H groups in total. The Balaban J connectivity index is 1.02. The fourth-order valence-corrected chi connectivity index (χ4v) is 9.57. The molecule has 9 nitrogen and oxygen atoms in total. The fraction of sp³-hybridized carbons (Fsp3) is 0.381. The van der Waals surface area contributed by atoms with Crippen molar-refractivity contribution in [1.29, 1.82) is 0 Å². The van der Waals surface area contributed by atoms with Gasteiger partial charge in [0.15, 0.2) is 0 Å². The summed E-state index contributed by atoms with van der Waals surface area (Å²) in [7, 11) is 0. The molecule has 15 heteroatoms. The number of benzene rings is 4. The second kappa shape index (κ2) is 14.1. The Labute approximate surface area is 324 Å². The van der Waals surface area contributed by atoms with Gasteiger partial charge < -0.3 is 30.4 Å². The van der Waals surface area contributed by atoms with Crippen LogP contribution in [-0.2, 0) is 5.54 Å². The van der Waals surface area contributed by atoms with E-state index in [0.717, 1.165) is 44.6 Å². The standard InChI is InChI=1S/C42H41F6N9/c43-25-4-1-5-26(44)38(25)56-12-14-57(15-13-56)39-29(47)16-22(17-30(39)48)42(24-19-35-37(21-28(24)46)54-41(52-35)33-7-3-11-50-33)9-8-31(55-42)23-18-34-36(20-27(23)45)53-40(51-34)32-6-2-10-49-32/h1,4-5,16-21,31-33,49-50,55H,2-3,6-15H2,(H,51,53)(H,52,54)/t31-,32-,33-,42+/m0/s1. The number of nitrogens with zero attached hydrogens (tertiary/aromatic N) is 4. The maximum absolute atomic E-state index is 16.6.